The van der Waals surface area contributed by atoms with Gasteiger partial charge < -0.3 is 14.2 Å². The molecule has 1 unspecified atom stereocenters. The second-order valence-corrected chi connectivity index (χ2v) is 19.5. The Kier molecular flexibility index (Phi) is 54.8. The van der Waals surface area contributed by atoms with Gasteiger partial charge in [0.05, 0.1) is 0 Å². The minimum Gasteiger partial charge on any atom is -0.462 e. The summed E-state index contributed by atoms with van der Waals surface area (Å²) in [5.41, 5.74) is 0. The van der Waals surface area contributed by atoms with Crippen LogP contribution in [0, 0.1) is 0 Å². The molecule has 398 valence electrons. The van der Waals surface area contributed by atoms with Gasteiger partial charge in [0.15, 0.2) is 6.10 Å². The average molecular weight is 964 g/mol. The monoisotopic (exact) mass is 963 g/mol. The van der Waals surface area contributed by atoms with Gasteiger partial charge in [0.1, 0.15) is 13.2 Å². The molecule has 0 saturated carbocycles. The fourth-order valence-electron chi connectivity index (χ4n) is 8.18. The number of allylic oxidation sites excluding steroid dienone is 12. The first kappa shape index (κ1) is 65.8. The Morgan fingerprint density at radius 3 is 0.855 bits per heavy atom. The third kappa shape index (κ3) is 55.6. The first-order valence-corrected chi connectivity index (χ1v) is 29.4. The zero-order chi connectivity index (χ0) is 50.0. The molecule has 1 atom stereocenters. The van der Waals surface area contributed by atoms with Gasteiger partial charge in [0.25, 0.3) is 0 Å². The highest BCUT2D eigenvalue weighted by Gasteiger charge is 2.19. The smallest absolute Gasteiger partial charge is 0.306 e. The van der Waals surface area contributed by atoms with Crippen LogP contribution < -0.4 is 0 Å². The van der Waals surface area contributed by atoms with Crippen LogP contribution in [-0.4, -0.2) is 37.2 Å². The molecule has 0 aromatic rings. The number of unbranched alkanes of at least 4 members (excludes halogenated alkanes) is 30. The van der Waals surface area contributed by atoms with Crippen molar-refractivity contribution in [2.45, 2.75) is 297 Å². The van der Waals surface area contributed by atoms with Crippen molar-refractivity contribution in [3.63, 3.8) is 0 Å². The fraction of sp³-hybridized carbons (Fsp3) is 0.762. The van der Waals surface area contributed by atoms with E-state index in [1.165, 1.54) is 161 Å². The predicted molar refractivity (Wildman–Crippen MR) is 298 cm³/mol. The van der Waals surface area contributed by atoms with Crippen molar-refractivity contribution in [2.75, 3.05) is 13.2 Å². The third-order valence-corrected chi connectivity index (χ3v) is 12.7. The quantitative estimate of drug-likeness (QED) is 0.0262. The zero-order valence-corrected chi connectivity index (χ0v) is 45.6. The Balaban J connectivity index is 4.39. The molecule has 0 aliphatic heterocycles. The van der Waals surface area contributed by atoms with Crippen molar-refractivity contribution in [2.24, 2.45) is 0 Å². The number of rotatable bonds is 53. The number of hydrogen-bond acceptors (Lipinski definition) is 6. The Morgan fingerprint density at radius 1 is 0.290 bits per heavy atom. The number of carbonyl (C=O) groups is 3. The average Bonchev–Trinajstić information content (AvgIpc) is 3.35. The van der Waals surface area contributed by atoms with E-state index in [4.69, 9.17) is 14.2 Å². The van der Waals surface area contributed by atoms with E-state index in [9.17, 15) is 14.4 Å². The SMILES string of the molecule is CCCCC/C=C\C/C=C\C/C=C\CCCCCCCCC(=O)OCC(COC(=O)CCCCCCC/C=C\CCCCCC)OC(=O)CCCCCCCCCCC/C=C\C/C=C\CCCCC. The number of esters is 3. The molecule has 69 heavy (non-hydrogen) atoms. The summed E-state index contributed by atoms with van der Waals surface area (Å²) in [4.78, 5) is 38.2. The van der Waals surface area contributed by atoms with Crippen molar-refractivity contribution >= 4 is 17.9 Å². The van der Waals surface area contributed by atoms with Crippen LogP contribution in [0.2, 0.25) is 0 Å². The molecule has 0 radical (unpaired) electrons. The van der Waals surface area contributed by atoms with E-state index in [0.29, 0.717) is 19.3 Å². The molecular weight excluding hydrogens is 853 g/mol. The maximum absolute atomic E-state index is 12.9. The van der Waals surface area contributed by atoms with Crippen LogP contribution in [0.1, 0.15) is 290 Å². The van der Waals surface area contributed by atoms with Crippen LogP contribution >= 0.6 is 0 Å². The second kappa shape index (κ2) is 57.4. The van der Waals surface area contributed by atoms with Crippen molar-refractivity contribution in [3.8, 4) is 0 Å². The minimum atomic E-state index is -0.787. The molecule has 0 bridgehead atoms. The van der Waals surface area contributed by atoms with E-state index in [2.05, 4.69) is 93.7 Å². The second-order valence-electron chi connectivity index (χ2n) is 19.5. The lowest BCUT2D eigenvalue weighted by atomic mass is 10.1. The first-order valence-electron chi connectivity index (χ1n) is 29.4. The van der Waals surface area contributed by atoms with Gasteiger partial charge in [-0.1, -0.05) is 229 Å². The summed E-state index contributed by atoms with van der Waals surface area (Å²) >= 11 is 0. The maximum atomic E-state index is 12.9. The van der Waals surface area contributed by atoms with Crippen molar-refractivity contribution < 1.29 is 28.6 Å². The topological polar surface area (TPSA) is 78.9 Å². The molecule has 0 N–H and O–H groups in total. The molecule has 0 amide bonds. The molecule has 0 aromatic heterocycles. The lowest BCUT2D eigenvalue weighted by molar-refractivity contribution is -0.167. The summed E-state index contributed by atoms with van der Waals surface area (Å²) < 4.78 is 16.9. The first-order chi connectivity index (χ1) is 34.0. The van der Waals surface area contributed by atoms with Crippen molar-refractivity contribution in [1.29, 1.82) is 0 Å². The van der Waals surface area contributed by atoms with E-state index >= 15 is 0 Å². The fourth-order valence-corrected chi connectivity index (χ4v) is 8.18. The highest BCUT2D eigenvalue weighted by molar-refractivity contribution is 5.71. The summed E-state index contributed by atoms with van der Waals surface area (Å²) in [6.45, 7) is 6.57. The van der Waals surface area contributed by atoms with Crippen molar-refractivity contribution in [3.05, 3.63) is 72.9 Å². The molecule has 0 rings (SSSR count). The van der Waals surface area contributed by atoms with Crippen LogP contribution in [0.3, 0.4) is 0 Å². The molecule has 0 saturated heterocycles. The van der Waals surface area contributed by atoms with Crippen LogP contribution in [0.5, 0.6) is 0 Å². The number of carbonyl (C=O) groups excluding carboxylic acids is 3. The molecule has 6 heteroatoms. The van der Waals surface area contributed by atoms with E-state index < -0.39 is 6.10 Å². The summed E-state index contributed by atoms with van der Waals surface area (Å²) in [6.07, 6.45) is 73.1. The molecule has 0 aromatic carbocycles. The molecular formula is C63H110O6. The number of ether oxygens (including phenoxy) is 3. The third-order valence-electron chi connectivity index (χ3n) is 12.7. The maximum Gasteiger partial charge on any atom is 0.306 e. The summed E-state index contributed by atoms with van der Waals surface area (Å²) in [6, 6.07) is 0. The Morgan fingerprint density at radius 2 is 0.522 bits per heavy atom. The van der Waals surface area contributed by atoms with E-state index in [0.717, 1.165) is 89.9 Å². The van der Waals surface area contributed by atoms with Gasteiger partial charge in [0, 0.05) is 19.3 Å². The largest absolute Gasteiger partial charge is 0.462 e. The lowest BCUT2D eigenvalue weighted by Gasteiger charge is -2.18. The molecule has 0 fully saturated rings. The Bertz CT molecular complexity index is 1290. The summed E-state index contributed by atoms with van der Waals surface area (Å²) in [5, 5.41) is 0. The highest BCUT2D eigenvalue weighted by atomic mass is 16.6. The highest BCUT2D eigenvalue weighted by Crippen LogP contribution is 2.15. The van der Waals surface area contributed by atoms with Crippen LogP contribution in [-0.2, 0) is 28.6 Å². The molecule has 0 spiro atoms. The minimum absolute atomic E-state index is 0.0851. The Hall–Kier alpha value is -3.15. The van der Waals surface area contributed by atoms with Gasteiger partial charge in [-0.05, 0) is 116 Å². The van der Waals surface area contributed by atoms with Gasteiger partial charge in [-0.25, -0.2) is 0 Å². The summed E-state index contributed by atoms with van der Waals surface area (Å²) in [7, 11) is 0. The predicted octanol–water partition coefficient (Wildman–Crippen LogP) is 19.8. The zero-order valence-electron chi connectivity index (χ0n) is 45.6. The molecule has 6 nitrogen and oxygen atoms in total. The van der Waals surface area contributed by atoms with E-state index in [1.807, 2.05) is 0 Å². The van der Waals surface area contributed by atoms with Crippen LogP contribution in [0.15, 0.2) is 72.9 Å². The van der Waals surface area contributed by atoms with Gasteiger partial charge in [0.2, 0.25) is 0 Å². The molecule has 0 aliphatic carbocycles. The standard InChI is InChI=1S/C63H110O6/c1-4-7-10-13-16-19-22-25-27-29-31-33-35-38-41-44-47-50-53-56-62(65)68-59-60(58-67-61(64)55-52-49-46-43-40-37-24-21-18-15-12-9-6-3)69-63(66)57-54-51-48-45-42-39-36-34-32-30-28-26-23-20-17-14-11-8-5-2/h16-17,19-21,24-28,31,33,60H,4-15,18,22-23,29-30,32,34-59H2,1-3H3/b19-16-,20-17-,24-21-,27-25-,28-26-,33-31-. The van der Waals surface area contributed by atoms with Crippen LogP contribution in [0.4, 0.5) is 0 Å². The lowest BCUT2D eigenvalue weighted by Crippen LogP contribution is -2.30. The Labute approximate surface area is 427 Å². The normalized spacial score (nSPS) is 12.6. The number of hydrogen-bond donors (Lipinski definition) is 0. The van der Waals surface area contributed by atoms with Gasteiger partial charge in [-0.15, -0.1) is 0 Å². The van der Waals surface area contributed by atoms with Gasteiger partial charge in [-0.3, -0.25) is 14.4 Å². The van der Waals surface area contributed by atoms with Gasteiger partial charge in [-0.2, -0.15) is 0 Å². The molecule has 0 heterocycles. The van der Waals surface area contributed by atoms with E-state index in [1.54, 1.807) is 0 Å². The summed E-state index contributed by atoms with van der Waals surface area (Å²) in [5.74, 6) is -0.901. The van der Waals surface area contributed by atoms with Crippen LogP contribution in [0.25, 0.3) is 0 Å². The molecule has 0 aliphatic rings. The van der Waals surface area contributed by atoms with Crippen molar-refractivity contribution in [1.82, 2.24) is 0 Å². The van der Waals surface area contributed by atoms with Gasteiger partial charge >= 0.3 is 17.9 Å². The van der Waals surface area contributed by atoms with E-state index in [-0.39, 0.29) is 31.1 Å².